The van der Waals surface area contributed by atoms with E-state index in [0.29, 0.717) is 32.1 Å². The second-order valence-corrected chi connectivity index (χ2v) is 9.81. The fourth-order valence-corrected chi connectivity index (χ4v) is 3.87. The van der Waals surface area contributed by atoms with Gasteiger partial charge in [-0.05, 0) is 76.4 Å². The van der Waals surface area contributed by atoms with Crippen LogP contribution in [-0.2, 0) is 11.8 Å². The van der Waals surface area contributed by atoms with E-state index in [-0.39, 0.29) is 12.3 Å². The molecule has 0 aromatic carbocycles. The van der Waals surface area contributed by atoms with Gasteiger partial charge in [-0.1, -0.05) is 34.8 Å². The average molecular weight is 542 g/mol. The molecule has 0 radical (unpaired) electrons. The van der Waals surface area contributed by atoms with Gasteiger partial charge in [0.05, 0.1) is 68.1 Å². The van der Waals surface area contributed by atoms with E-state index >= 15 is 0 Å². The summed E-state index contributed by atoms with van der Waals surface area (Å²) in [4.78, 5) is 12.3. The zero-order valence-electron chi connectivity index (χ0n) is 21.1. The third-order valence-corrected chi connectivity index (χ3v) is 5.68. The van der Waals surface area contributed by atoms with E-state index in [9.17, 15) is 0 Å². The monoisotopic (exact) mass is 540 g/mol. The molecule has 6 nitrogen and oxygen atoms in total. The van der Waals surface area contributed by atoms with Crippen molar-refractivity contribution >= 4 is 34.8 Å². The zero-order chi connectivity index (χ0) is 27.5. The minimum absolute atomic E-state index is 0.238. The predicted octanol–water partition coefficient (Wildman–Crippen LogP) is 7.62. The van der Waals surface area contributed by atoms with Gasteiger partial charge in [0, 0.05) is 18.6 Å². The van der Waals surface area contributed by atoms with Gasteiger partial charge < -0.3 is 0 Å². The lowest BCUT2D eigenvalue weighted by Gasteiger charge is -2.15. The summed E-state index contributed by atoms with van der Waals surface area (Å²) in [6.45, 7) is 11.1. The minimum atomic E-state index is -0.620. The molecule has 0 saturated heterocycles. The molecule has 3 heterocycles. The van der Waals surface area contributed by atoms with Gasteiger partial charge in [0.1, 0.15) is 0 Å². The van der Waals surface area contributed by atoms with Crippen LogP contribution in [0, 0.1) is 54.8 Å². The molecule has 9 heteroatoms. The number of nitriles is 3. The van der Waals surface area contributed by atoms with Crippen LogP contribution in [-0.4, -0.2) is 15.0 Å². The van der Waals surface area contributed by atoms with Crippen LogP contribution in [0.25, 0.3) is 0 Å². The van der Waals surface area contributed by atoms with Crippen molar-refractivity contribution in [3.8, 4) is 18.2 Å². The van der Waals surface area contributed by atoms with Crippen molar-refractivity contribution in [2.45, 2.75) is 59.3 Å². The Hall–Kier alpha value is -3.21. The Morgan fingerprint density at radius 2 is 1.31 bits per heavy atom. The molecule has 186 valence electrons. The van der Waals surface area contributed by atoms with Gasteiger partial charge in [-0.3, -0.25) is 15.0 Å². The van der Waals surface area contributed by atoms with Gasteiger partial charge in [-0.15, -0.1) is 0 Å². The standard InChI is InChI=1S/C10H11ClN2.C9H9ClN2.C8H7ClN2/c1-7-4-8(11)9(13-5-7)10(2,3)6-12;1-6-3-8(10)9(12-5-6)7(2)4-11;1-6-4-7(9)8(2-3-10)11-5-6/h4-5H,1-3H3;3,5,7H,1-2H3;4-5H,2H2,1H3. The Bertz CT molecular complexity index is 1320. The van der Waals surface area contributed by atoms with E-state index in [2.05, 4.69) is 27.1 Å². The summed E-state index contributed by atoms with van der Waals surface area (Å²) in [6.07, 6.45) is 5.42. The lowest BCUT2D eigenvalue weighted by molar-refractivity contribution is 0.659. The molecule has 0 amide bonds. The molecule has 1 unspecified atom stereocenters. The smallest absolute Gasteiger partial charge is 0.0952 e. The van der Waals surface area contributed by atoms with Crippen LogP contribution in [0.3, 0.4) is 0 Å². The van der Waals surface area contributed by atoms with Crippen LogP contribution in [0.5, 0.6) is 0 Å². The molecule has 0 aliphatic carbocycles. The third kappa shape index (κ3) is 9.44. The van der Waals surface area contributed by atoms with Crippen LogP contribution < -0.4 is 0 Å². The zero-order valence-corrected chi connectivity index (χ0v) is 23.3. The number of rotatable bonds is 3. The fourth-order valence-electron chi connectivity index (χ4n) is 2.74. The number of hydrogen-bond acceptors (Lipinski definition) is 6. The number of halogens is 3. The average Bonchev–Trinajstić information content (AvgIpc) is 2.81. The summed E-state index contributed by atoms with van der Waals surface area (Å²) >= 11 is 17.7. The number of nitrogens with zero attached hydrogens (tertiary/aromatic N) is 6. The van der Waals surface area contributed by atoms with Gasteiger partial charge in [0.25, 0.3) is 0 Å². The van der Waals surface area contributed by atoms with E-state index in [0.717, 1.165) is 16.7 Å². The molecule has 3 aromatic heterocycles. The lowest BCUT2D eigenvalue weighted by Crippen LogP contribution is -2.16. The molecule has 1 atom stereocenters. The first-order chi connectivity index (χ1) is 16.9. The summed E-state index contributed by atoms with van der Waals surface area (Å²) < 4.78 is 0. The second-order valence-electron chi connectivity index (χ2n) is 8.59. The Morgan fingerprint density at radius 1 is 0.806 bits per heavy atom. The van der Waals surface area contributed by atoms with Crippen molar-refractivity contribution < 1.29 is 0 Å². The maximum Gasteiger partial charge on any atom is 0.0952 e. The lowest BCUT2D eigenvalue weighted by atomic mass is 9.90. The molecule has 0 aliphatic rings. The first kappa shape index (κ1) is 30.8. The summed E-state index contributed by atoms with van der Waals surface area (Å²) in [5, 5.41) is 27.6. The molecule has 3 aromatic rings. The van der Waals surface area contributed by atoms with Crippen molar-refractivity contribution in [2.24, 2.45) is 0 Å². The number of aryl methyl sites for hydroxylation is 3. The first-order valence-electron chi connectivity index (χ1n) is 10.9. The number of aromatic nitrogens is 3. The molecule has 0 bridgehead atoms. The molecule has 0 aliphatic heterocycles. The van der Waals surface area contributed by atoms with Crippen LogP contribution in [0.15, 0.2) is 36.8 Å². The molecule has 0 N–H and O–H groups in total. The highest BCUT2D eigenvalue weighted by Gasteiger charge is 2.24. The van der Waals surface area contributed by atoms with Gasteiger partial charge in [-0.2, -0.15) is 15.8 Å². The normalized spacial score (nSPS) is 10.8. The van der Waals surface area contributed by atoms with Crippen molar-refractivity contribution in [2.75, 3.05) is 0 Å². The predicted molar refractivity (Wildman–Crippen MR) is 144 cm³/mol. The van der Waals surface area contributed by atoms with E-state index in [1.807, 2.05) is 39.0 Å². The van der Waals surface area contributed by atoms with Crippen molar-refractivity contribution in [3.05, 3.63) is 85.6 Å². The highest BCUT2D eigenvalue weighted by molar-refractivity contribution is 6.32. The van der Waals surface area contributed by atoms with E-state index in [1.54, 1.807) is 45.4 Å². The van der Waals surface area contributed by atoms with Gasteiger partial charge in [-0.25, -0.2) is 0 Å². The van der Waals surface area contributed by atoms with Crippen molar-refractivity contribution in [1.82, 2.24) is 15.0 Å². The van der Waals surface area contributed by atoms with E-state index in [1.165, 1.54) is 0 Å². The third-order valence-electron chi connectivity index (χ3n) is 4.76. The van der Waals surface area contributed by atoms with Crippen LogP contribution in [0.2, 0.25) is 15.1 Å². The molecule has 3 rings (SSSR count). The van der Waals surface area contributed by atoms with E-state index in [4.69, 9.17) is 50.6 Å². The molecule has 0 saturated carbocycles. The first-order valence-corrected chi connectivity index (χ1v) is 12.0. The Morgan fingerprint density at radius 3 is 1.75 bits per heavy atom. The fraction of sp³-hybridized carbons (Fsp3) is 0.333. The van der Waals surface area contributed by atoms with Crippen molar-refractivity contribution in [1.29, 1.82) is 15.8 Å². The quantitative estimate of drug-likeness (QED) is 0.337. The van der Waals surface area contributed by atoms with Crippen molar-refractivity contribution in [3.63, 3.8) is 0 Å². The van der Waals surface area contributed by atoms with Crippen LogP contribution in [0.1, 0.15) is 60.5 Å². The van der Waals surface area contributed by atoms with Crippen LogP contribution in [0.4, 0.5) is 0 Å². The van der Waals surface area contributed by atoms with Gasteiger partial charge in [0.15, 0.2) is 0 Å². The number of hydrogen-bond donors (Lipinski definition) is 0. The van der Waals surface area contributed by atoms with Crippen LogP contribution >= 0.6 is 34.8 Å². The maximum absolute atomic E-state index is 8.89. The highest BCUT2D eigenvalue weighted by Crippen LogP contribution is 2.27. The molecule has 36 heavy (non-hydrogen) atoms. The topological polar surface area (TPSA) is 110 Å². The molecule has 0 fully saturated rings. The summed E-state index contributed by atoms with van der Waals surface area (Å²) in [5.41, 5.74) is 4.35. The minimum Gasteiger partial charge on any atom is -0.258 e. The SMILES string of the molecule is Cc1cnc(C(C)(C)C#N)c(Cl)c1.Cc1cnc(C(C)C#N)c(Cl)c1.Cc1cnc(CC#N)c(Cl)c1. The second kappa shape index (κ2) is 14.4. The summed E-state index contributed by atoms with van der Waals surface area (Å²) in [6, 6.07) is 11.7. The summed E-state index contributed by atoms with van der Waals surface area (Å²) in [7, 11) is 0. The molecular weight excluding hydrogens is 515 g/mol. The Balaban J connectivity index is 0.000000271. The Labute approximate surface area is 228 Å². The molecular formula is C27H27Cl3N6. The van der Waals surface area contributed by atoms with Gasteiger partial charge in [0.2, 0.25) is 0 Å². The van der Waals surface area contributed by atoms with E-state index < -0.39 is 5.41 Å². The Kier molecular flexibility index (Phi) is 12.3. The largest absolute Gasteiger partial charge is 0.258 e. The highest BCUT2D eigenvalue weighted by atomic mass is 35.5. The molecule has 0 spiro atoms. The number of pyridine rings is 3. The van der Waals surface area contributed by atoms with Gasteiger partial charge >= 0.3 is 0 Å². The maximum atomic E-state index is 8.89. The summed E-state index contributed by atoms with van der Waals surface area (Å²) in [5.74, 6) is -0.238.